The van der Waals surface area contributed by atoms with E-state index in [1.807, 2.05) is 24.3 Å². The van der Waals surface area contributed by atoms with Crippen molar-refractivity contribution in [3.63, 3.8) is 0 Å². The summed E-state index contributed by atoms with van der Waals surface area (Å²) in [6.07, 6.45) is 0. The van der Waals surface area contributed by atoms with Crippen molar-refractivity contribution < 1.29 is 9.52 Å². The van der Waals surface area contributed by atoms with E-state index in [9.17, 15) is 0 Å². The molecule has 1 aromatic heterocycles. The van der Waals surface area contributed by atoms with Gasteiger partial charge in [0.05, 0.1) is 12.2 Å². The largest absolute Gasteiger partial charge is 0.462 e. The van der Waals surface area contributed by atoms with Crippen molar-refractivity contribution >= 4 is 37.5 Å². The second kappa shape index (κ2) is 5.71. The maximum atomic E-state index is 8.90. The molecule has 0 amide bonds. The number of aliphatic hydroxyl groups is 1. The normalized spacial score (nSPS) is 10.5. The molecule has 5 heteroatoms. The van der Waals surface area contributed by atoms with E-state index in [1.54, 1.807) is 6.07 Å². The molecule has 2 rings (SSSR count). The summed E-state index contributed by atoms with van der Waals surface area (Å²) in [6.45, 7) is 0.500. The van der Waals surface area contributed by atoms with Crippen LogP contribution in [0.15, 0.2) is 43.7 Å². The quantitative estimate of drug-likeness (QED) is 0.868. The third kappa shape index (κ3) is 3.12. The van der Waals surface area contributed by atoms with Crippen molar-refractivity contribution in [3.05, 3.63) is 50.8 Å². The van der Waals surface area contributed by atoms with Crippen LogP contribution < -0.4 is 5.32 Å². The molecule has 1 aromatic carbocycles. The fraction of sp³-hybridized carbons (Fsp3) is 0.167. The fourth-order valence-electron chi connectivity index (χ4n) is 1.44. The molecular formula is C12H11Br2NO2. The van der Waals surface area contributed by atoms with Gasteiger partial charge in [-0.05, 0) is 56.1 Å². The number of para-hydroxylation sites is 1. The predicted octanol–water partition coefficient (Wildman–Crippen LogP) is 3.91. The topological polar surface area (TPSA) is 45.4 Å². The van der Waals surface area contributed by atoms with E-state index < -0.39 is 0 Å². The number of nitrogens with one attached hydrogen (secondary N) is 1. The lowest BCUT2D eigenvalue weighted by Crippen LogP contribution is -1.99. The van der Waals surface area contributed by atoms with Crippen molar-refractivity contribution in [1.29, 1.82) is 0 Å². The molecule has 2 N–H and O–H groups in total. The second-order valence-electron chi connectivity index (χ2n) is 3.48. The molecule has 0 saturated carbocycles. The van der Waals surface area contributed by atoms with Crippen LogP contribution >= 0.6 is 31.9 Å². The van der Waals surface area contributed by atoms with Gasteiger partial charge >= 0.3 is 0 Å². The van der Waals surface area contributed by atoms with Crippen molar-refractivity contribution in [2.24, 2.45) is 0 Å². The molecule has 1 heterocycles. The Labute approximate surface area is 116 Å². The number of halogens is 2. The van der Waals surface area contributed by atoms with Crippen LogP contribution in [0.5, 0.6) is 0 Å². The fourth-order valence-corrected chi connectivity index (χ4v) is 2.72. The van der Waals surface area contributed by atoms with Gasteiger partial charge in [0.1, 0.15) is 18.1 Å². The molecule has 17 heavy (non-hydrogen) atoms. The second-order valence-corrected chi connectivity index (χ2v) is 5.19. The number of rotatable bonds is 4. The van der Waals surface area contributed by atoms with Gasteiger partial charge in [-0.25, -0.2) is 0 Å². The molecule has 3 nitrogen and oxygen atoms in total. The summed E-state index contributed by atoms with van der Waals surface area (Å²) in [7, 11) is 0. The zero-order valence-electron chi connectivity index (χ0n) is 8.91. The molecule has 0 atom stereocenters. The molecular weight excluding hydrogens is 350 g/mol. The van der Waals surface area contributed by atoms with Gasteiger partial charge in [0, 0.05) is 8.95 Å². The first-order chi connectivity index (χ1) is 8.20. The van der Waals surface area contributed by atoms with E-state index in [0.717, 1.165) is 20.4 Å². The molecule has 90 valence electrons. The van der Waals surface area contributed by atoms with E-state index in [1.165, 1.54) is 0 Å². The first-order valence-corrected chi connectivity index (χ1v) is 6.65. The van der Waals surface area contributed by atoms with Gasteiger partial charge < -0.3 is 14.8 Å². The van der Waals surface area contributed by atoms with Gasteiger partial charge in [-0.2, -0.15) is 0 Å². The van der Waals surface area contributed by atoms with Crippen LogP contribution in [0.2, 0.25) is 0 Å². The Morgan fingerprint density at radius 3 is 2.29 bits per heavy atom. The monoisotopic (exact) mass is 359 g/mol. The maximum Gasteiger partial charge on any atom is 0.129 e. The van der Waals surface area contributed by atoms with Crippen LogP contribution in [-0.2, 0) is 13.2 Å². The van der Waals surface area contributed by atoms with E-state index >= 15 is 0 Å². The molecule has 0 radical (unpaired) electrons. The summed E-state index contributed by atoms with van der Waals surface area (Å²) in [6, 6.07) is 9.51. The Morgan fingerprint density at radius 1 is 1.06 bits per heavy atom. The predicted molar refractivity (Wildman–Crippen MR) is 73.8 cm³/mol. The third-order valence-electron chi connectivity index (χ3n) is 2.28. The average Bonchev–Trinajstić information content (AvgIpc) is 2.76. The number of hydrogen-bond donors (Lipinski definition) is 2. The Bertz CT molecular complexity index is 491. The van der Waals surface area contributed by atoms with Gasteiger partial charge in [0.15, 0.2) is 0 Å². The molecule has 0 unspecified atom stereocenters. The molecule has 0 aliphatic carbocycles. The molecule has 2 aromatic rings. The van der Waals surface area contributed by atoms with E-state index in [4.69, 9.17) is 9.52 Å². The first-order valence-electron chi connectivity index (χ1n) is 5.07. The number of furan rings is 1. The minimum Gasteiger partial charge on any atom is -0.462 e. The Balaban J connectivity index is 2.07. The molecule has 0 saturated heterocycles. The lowest BCUT2D eigenvalue weighted by molar-refractivity contribution is 0.244. The van der Waals surface area contributed by atoms with Crippen LogP contribution in [0.25, 0.3) is 0 Å². The van der Waals surface area contributed by atoms with Crippen LogP contribution in [0.1, 0.15) is 11.5 Å². The number of hydrogen-bond acceptors (Lipinski definition) is 3. The van der Waals surface area contributed by atoms with Gasteiger partial charge in [-0.3, -0.25) is 0 Å². The van der Waals surface area contributed by atoms with Gasteiger partial charge in [-0.15, -0.1) is 0 Å². The summed E-state index contributed by atoms with van der Waals surface area (Å²) in [5, 5.41) is 12.2. The minimum absolute atomic E-state index is 0.0707. The highest BCUT2D eigenvalue weighted by Crippen LogP contribution is 2.30. The number of benzene rings is 1. The molecule has 0 bridgehead atoms. The van der Waals surface area contributed by atoms with Gasteiger partial charge in [0.2, 0.25) is 0 Å². The van der Waals surface area contributed by atoms with Crippen LogP contribution in [-0.4, -0.2) is 5.11 Å². The van der Waals surface area contributed by atoms with Crippen molar-refractivity contribution in [3.8, 4) is 0 Å². The molecule has 0 fully saturated rings. The van der Waals surface area contributed by atoms with Crippen LogP contribution in [0.4, 0.5) is 5.69 Å². The zero-order valence-corrected chi connectivity index (χ0v) is 12.1. The SMILES string of the molecule is OCc1ccc(CNc2c(Br)cccc2Br)o1. The van der Waals surface area contributed by atoms with Crippen molar-refractivity contribution in [2.45, 2.75) is 13.2 Å². The minimum atomic E-state index is -0.0707. The van der Waals surface area contributed by atoms with Crippen molar-refractivity contribution in [2.75, 3.05) is 5.32 Å². The highest BCUT2D eigenvalue weighted by atomic mass is 79.9. The van der Waals surface area contributed by atoms with Crippen molar-refractivity contribution in [1.82, 2.24) is 0 Å². The Hall–Kier alpha value is -0.780. The van der Waals surface area contributed by atoms with Gasteiger partial charge in [-0.1, -0.05) is 6.07 Å². The molecule has 0 aliphatic heterocycles. The Kier molecular flexibility index (Phi) is 4.25. The van der Waals surface area contributed by atoms with Crippen LogP contribution in [0, 0.1) is 0 Å². The number of anilines is 1. The lowest BCUT2D eigenvalue weighted by atomic mass is 10.3. The molecule has 0 aliphatic rings. The third-order valence-corrected chi connectivity index (χ3v) is 3.60. The maximum absolute atomic E-state index is 8.90. The van der Waals surface area contributed by atoms with Gasteiger partial charge in [0.25, 0.3) is 0 Å². The zero-order chi connectivity index (χ0) is 12.3. The highest BCUT2D eigenvalue weighted by molar-refractivity contribution is 9.11. The Morgan fingerprint density at radius 2 is 1.71 bits per heavy atom. The first kappa shape index (κ1) is 12.7. The molecule has 0 spiro atoms. The summed E-state index contributed by atoms with van der Waals surface area (Å²) in [5.41, 5.74) is 0.981. The van der Waals surface area contributed by atoms with Crippen LogP contribution in [0.3, 0.4) is 0 Å². The summed E-state index contributed by atoms with van der Waals surface area (Å²) in [5.74, 6) is 1.37. The van der Waals surface area contributed by atoms with E-state index in [-0.39, 0.29) is 6.61 Å². The summed E-state index contributed by atoms with van der Waals surface area (Å²) < 4.78 is 7.36. The smallest absolute Gasteiger partial charge is 0.129 e. The van der Waals surface area contributed by atoms with E-state index in [2.05, 4.69) is 37.2 Å². The number of aliphatic hydroxyl groups excluding tert-OH is 1. The standard InChI is InChI=1S/C12H11Br2NO2/c13-10-2-1-3-11(14)12(10)15-6-8-4-5-9(7-16)17-8/h1-5,15-16H,6-7H2. The van der Waals surface area contributed by atoms with E-state index in [0.29, 0.717) is 12.3 Å². The lowest BCUT2D eigenvalue weighted by Gasteiger charge is -2.09. The average molecular weight is 361 g/mol. The summed E-state index contributed by atoms with van der Waals surface area (Å²) in [4.78, 5) is 0. The summed E-state index contributed by atoms with van der Waals surface area (Å²) >= 11 is 6.95. The highest BCUT2D eigenvalue weighted by Gasteiger charge is 2.05.